The largest absolute Gasteiger partial charge is 0.453 e. The van der Waals surface area contributed by atoms with E-state index < -0.39 is 35.9 Å². The maximum Gasteiger partial charge on any atom is 0.411 e. The first-order valence-electron chi connectivity index (χ1n) is 13.8. The number of carbonyl (C=O) groups is 3. The van der Waals surface area contributed by atoms with Crippen molar-refractivity contribution in [2.24, 2.45) is 5.92 Å². The molecule has 0 saturated carbocycles. The van der Waals surface area contributed by atoms with Crippen molar-refractivity contribution in [1.82, 2.24) is 20.1 Å². The molecule has 0 aliphatic carbocycles. The van der Waals surface area contributed by atoms with Crippen LogP contribution in [0.15, 0.2) is 60.9 Å². The summed E-state index contributed by atoms with van der Waals surface area (Å²) in [4.78, 5) is 43.0. The third kappa shape index (κ3) is 6.41. The number of nitrogens with one attached hydrogen (secondary N) is 3. The highest BCUT2D eigenvalue weighted by Gasteiger charge is 2.27. The Morgan fingerprint density at radius 3 is 2.75 bits per heavy atom. The summed E-state index contributed by atoms with van der Waals surface area (Å²) in [6.07, 6.45) is 1.46. The Labute approximate surface area is 257 Å². The quantitative estimate of drug-likeness (QED) is 0.238. The van der Waals surface area contributed by atoms with E-state index in [2.05, 4.69) is 30.8 Å². The molecule has 228 valence electrons. The van der Waals surface area contributed by atoms with Gasteiger partial charge in [-0.3, -0.25) is 19.9 Å². The van der Waals surface area contributed by atoms with Gasteiger partial charge in [0.15, 0.2) is 5.82 Å². The fourth-order valence-electron chi connectivity index (χ4n) is 5.11. The summed E-state index contributed by atoms with van der Waals surface area (Å²) >= 11 is 5.95. The predicted molar refractivity (Wildman–Crippen MR) is 162 cm³/mol. The summed E-state index contributed by atoms with van der Waals surface area (Å²) in [6, 6.07) is 12.3. The van der Waals surface area contributed by atoms with Gasteiger partial charge in [-0.05, 0) is 61.7 Å². The van der Waals surface area contributed by atoms with Gasteiger partial charge in [-0.25, -0.2) is 13.9 Å². The van der Waals surface area contributed by atoms with Gasteiger partial charge >= 0.3 is 6.09 Å². The Bertz CT molecular complexity index is 1740. The number of aliphatic hydroxyl groups excluding tert-OH is 1. The van der Waals surface area contributed by atoms with Gasteiger partial charge in [0, 0.05) is 23.4 Å². The molecule has 4 aromatic rings. The number of methoxy groups -OCH3 is 1. The van der Waals surface area contributed by atoms with Gasteiger partial charge in [0.25, 0.3) is 5.91 Å². The van der Waals surface area contributed by atoms with Crippen molar-refractivity contribution in [3.8, 4) is 16.8 Å². The number of aliphatic hydroxyl groups is 1. The number of amides is 3. The molecule has 0 saturated heterocycles. The van der Waals surface area contributed by atoms with Crippen LogP contribution in [0.4, 0.5) is 20.6 Å². The van der Waals surface area contributed by atoms with Crippen LogP contribution in [0, 0.1) is 18.7 Å². The van der Waals surface area contributed by atoms with Gasteiger partial charge in [-0.1, -0.05) is 30.7 Å². The number of hydrogen-bond donors (Lipinski definition) is 4. The van der Waals surface area contributed by atoms with Crippen molar-refractivity contribution in [2.45, 2.75) is 38.8 Å². The van der Waals surface area contributed by atoms with E-state index in [1.54, 1.807) is 56.4 Å². The van der Waals surface area contributed by atoms with Crippen LogP contribution in [0.2, 0.25) is 5.02 Å². The Morgan fingerprint density at radius 2 is 1.98 bits per heavy atom. The lowest BCUT2D eigenvalue weighted by Gasteiger charge is -2.25. The number of halogens is 2. The van der Waals surface area contributed by atoms with Crippen LogP contribution in [-0.2, 0) is 9.53 Å². The number of anilines is 2. The molecule has 1 aliphatic heterocycles. The zero-order valence-corrected chi connectivity index (χ0v) is 24.9. The molecule has 3 atom stereocenters. The van der Waals surface area contributed by atoms with E-state index in [0.717, 1.165) is 0 Å². The number of nitrogens with zero attached hydrogens (tertiary/aromatic N) is 3. The van der Waals surface area contributed by atoms with Gasteiger partial charge in [0.1, 0.15) is 5.69 Å². The van der Waals surface area contributed by atoms with Crippen LogP contribution in [-0.4, -0.2) is 51.0 Å². The number of fused-ring (bicyclic) bond motifs is 4. The third-order valence-corrected chi connectivity index (χ3v) is 7.75. The molecule has 5 rings (SSSR count). The minimum Gasteiger partial charge on any atom is -0.453 e. The van der Waals surface area contributed by atoms with E-state index in [1.807, 2.05) is 0 Å². The Morgan fingerprint density at radius 1 is 1.18 bits per heavy atom. The normalized spacial score (nSPS) is 18.2. The van der Waals surface area contributed by atoms with E-state index in [-0.39, 0.29) is 35.0 Å². The molecule has 3 amide bonds. The topological polar surface area (TPSA) is 147 Å². The van der Waals surface area contributed by atoms with E-state index in [9.17, 15) is 23.9 Å². The van der Waals surface area contributed by atoms with E-state index >= 15 is 0 Å². The highest BCUT2D eigenvalue weighted by atomic mass is 35.5. The van der Waals surface area contributed by atoms with E-state index in [0.29, 0.717) is 33.9 Å². The monoisotopic (exact) mass is 620 g/mol. The minimum absolute atomic E-state index is 0.0722. The second kappa shape index (κ2) is 12.8. The number of aromatic nitrogens is 3. The van der Waals surface area contributed by atoms with Crippen molar-refractivity contribution in [3.05, 3.63) is 88.7 Å². The number of rotatable bonds is 4. The van der Waals surface area contributed by atoms with Crippen molar-refractivity contribution in [1.29, 1.82) is 0 Å². The van der Waals surface area contributed by atoms with Crippen LogP contribution in [0.5, 0.6) is 0 Å². The summed E-state index contributed by atoms with van der Waals surface area (Å²) in [5, 5.41) is 23.6. The number of ether oxygens (including phenoxy) is 1. The number of pyridine rings is 1. The van der Waals surface area contributed by atoms with Gasteiger partial charge in [0.2, 0.25) is 5.91 Å². The second-order valence-corrected chi connectivity index (χ2v) is 10.9. The van der Waals surface area contributed by atoms with Crippen LogP contribution in [0.3, 0.4) is 0 Å². The molecule has 2 aromatic carbocycles. The zero-order chi connectivity index (χ0) is 31.5. The minimum atomic E-state index is -0.970. The lowest BCUT2D eigenvalue weighted by atomic mass is 9.93. The molecular weight excluding hydrogens is 591 g/mol. The first-order chi connectivity index (χ1) is 21.0. The molecule has 2 bridgehead atoms. The molecule has 0 unspecified atom stereocenters. The Kier molecular flexibility index (Phi) is 8.93. The van der Waals surface area contributed by atoms with Crippen LogP contribution < -0.4 is 16.0 Å². The Balaban J connectivity index is 1.51. The lowest BCUT2D eigenvalue weighted by Crippen LogP contribution is -2.33. The van der Waals surface area contributed by atoms with Gasteiger partial charge in [-0.15, -0.1) is 0 Å². The van der Waals surface area contributed by atoms with Gasteiger partial charge < -0.3 is 20.5 Å². The summed E-state index contributed by atoms with van der Waals surface area (Å²) in [5.74, 6) is -2.09. The summed E-state index contributed by atoms with van der Waals surface area (Å²) in [5.41, 5.74) is 3.32. The maximum atomic E-state index is 14.7. The third-order valence-electron chi connectivity index (χ3n) is 7.46. The maximum absolute atomic E-state index is 14.7. The van der Waals surface area contributed by atoms with Crippen molar-refractivity contribution in [2.75, 3.05) is 17.7 Å². The first-order valence-corrected chi connectivity index (χ1v) is 14.2. The average Bonchev–Trinajstić information content (AvgIpc) is 3.38. The fourth-order valence-corrected chi connectivity index (χ4v) is 5.28. The second-order valence-electron chi connectivity index (χ2n) is 10.5. The van der Waals surface area contributed by atoms with Gasteiger partial charge in [0.05, 0.1) is 53.1 Å². The van der Waals surface area contributed by atoms with Crippen LogP contribution in [0.1, 0.15) is 47.6 Å². The molecule has 1 aliphatic rings. The lowest BCUT2D eigenvalue weighted by molar-refractivity contribution is -0.120. The molecular formula is C31H30ClFN6O5. The molecule has 0 radical (unpaired) electrons. The molecule has 0 fully saturated rings. The van der Waals surface area contributed by atoms with Crippen LogP contribution in [0.25, 0.3) is 16.8 Å². The average molecular weight is 621 g/mol. The van der Waals surface area contributed by atoms with Crippen LogP contribution >= 0.6 is 11.6 Å². The molecule has 2 aromatic heterocycles. The Hall–Kier alpha value is -4.81. The zero-order valence-electron chi connectivity index (χ0n) is 24.1. The van der Waals surface area contributed by atoms with Gasteiger partial charge in [-0.2, -0.15) is 5.10 Å². The molecule has 4 N–H and O–H groups in total. The fraction of sp³-hybridized carbons (Fsp3) is 0.258. The highest BCUT2D eigenvalue weighted by molar-refractivity contribution is 6.30. The number of benzene rings is 2. The summed E-state index contributed by atoms with van der Waals surface area (Å²) in [7, 11) is 1.25. The smallest absolute Gasteiger partial charge is 0.411 e. The summed E-state index contributed by atoms with van der Waals surface area (Å²) < 4.78 is 20.7. The van der Waals surface area contributed by atoms with E-state index in [4.69, 9.17) is 11.6 Å². The highest BCUT2D eigenvalue weighted by Crippen LogP contribution is 2.34. The first kappa shape index (κ1) is 30.6. The SMILES string of the molecule is COC(=O)Nc1ccc2c(c1)NC(=O)[C@H](C)C[C@@H](O)C[C@H](NC(=O)c1cnn(-c3cccc(Cl)c3F)c1C)c1cc-2ccn1. The molecule has 11 nitrogen and oxygen atoms in total. The van der Waals surface area contributed by atoms with Crippen molar-refractivity contribution in [3.63, 3.8) is 0 Å². The molecule has 13 heteroatoms. The molecule has 0 spiro atoms. The summed E-state index contributed by atoms with van der Waals surface area (Å²) in [6.45, 7) is 3.33. The molecule has 44 heavy (non-hydrogen) atoms. The van der Waals surface area contributed by atoms with E-state index in [1.165, 1.54) is 30.1 Å². The number of hydrogen-bond acceptors (Lipinski definition) is 7. The standard InChI is InChI=1S/C31H30ClFN6O5/c1-16-11-20(40)14-26(38-30(42)22-15-35-39(17(22)2)27-6-4-5-23(32)28(27)33)25-12-18(9-10-34-25)21-8-7-19(36-31(43)44-3)13-24(21)37-29(16)41/h4-10,12-13,15-16,20,26,40H,11,14H2,1-3H3,(H,36,43)(H,37,41)(H,38,42)/t16-,20-,26+/m1/s1. The van der Waals surface area contributed by atoms with Crippen molar-refractivity contribution < 1.29 is 28.6 Å². The molecule has 3 heterocycles. The predicted octanol–water partition coefficient (Wildman–Crippen LogP) is 5.41. The number of carbonyl (C=O) groups excluding carboxylic acids is 3. The van der Waals surface area contributed by atoms with Crippen molar-refractivity contribution >= 4 is 40.9 Å².